The molecule has 2 aliphatic rings. The molecule has 3 heteroatoms. The van der Waals surface area contributed by atoms with E-state index in [0.29, 0.717) is 18.5 Å². The standard InChI is InChI=1S/C11H20N2O/c14-11(7-8-12-9-5-6-9)13-10-3-1-2-4-10/h9-10,12H,1-8H2,(H,13,14). The average molecular weight is 196 g/mol. The fraction of sp³-hybridized carbons (Fsp3) is 0.909. The third kappa shape index (κ3) is 3.29. The van der Waals surface area contributed by atoms with Gasteiger partial charge < -0.3 is 10.6 Å². The van der Waals surface area contributed by atoms with Crippen molar-refractivity contribution in [1.82, 2.24) is 10.6 Å². The summed E-state index contributed by atoms with van der Waals surface area (Å²) >= 11 is 0. The van der Waals surface area contributed by atoms with Gasteiger partial charge in [-0.1, -0.05) is 12.8 Å². The molecule has 14 heavy (non-hydrogen) atoms. The van der Waals surface area contributed by atoms with Crippen LogP contribution in [0.15, 0.2) is 0 Å². The van der Waals surface area contributed by atoms with Crippen molar-refractivity contribution in [3.63, 3.8) is 0 Å². The van der Waals surface area contributed by atoms with Gasteiger partial charge in [0, 0.05) is 25.0 Å². The summed E-state index contributed by atoms with van der Waals surface area (Å²) in [5.74, 6) is 0.227. The van der Waals surface area contributed by atoms with E-state index in [1.54, 1.807) is 0 Å². The van der Waals surface area contributed by atoms with Gasteiger partial charge in [0.05, 0.1) is 0 Å². The van der Waals surface area contributed by atoms with E-state index < -0.39 is 0 Å². The molecular formula is C11H20N2O. The lowest BCUT2D eigenvalue weighted by atomic mass is 10.2. The van der Waals surface area contributed by atoms with E-state index in [1.165, 1.54) is 38.5 Å². The molecule has 0 aliphatic heterocycles. The van der Waals surface area contributed by atoms with Gasteiger partial charge >= 0.3 is 0 Å². The van der Waals surface area contributed by atoms with Crippen molar-refractivity contribution in [2.45, 2.75) is 57.0 Å². The molecule has 0 heterocycles. The summed E-state index contributed by atoms with van der Waals surface area (Å²) in [6, 6.07) is 1.19. The molecule has 2 saturated carbocycles. The van der Waals surface area contributed by atoms with Crippen LogP contribution in [0.25, 0.3) is 0 Å². The van der Waals surface area contributed by atoms with Gasteiger partial charge in [-0.05, 0) is 25.7 Å². The van der Waals surface area contributed by atoms with Crippen LogP contribution in [0.2, 0.25) is 0 Å². The maximum atomic E-state index is 11.4. The van der Waals surface area contributed by atoms with E-state index in [1.807, 2.05) is 0 Å². The lowest BCUT2D eigenvalue weighted by Gasteiger charge is -2.11. The number of rotatable bonds is 5. The van der Waals surface area contributed by atoms with Crippen LogP contribution in [0.4, 0.5) is 0 Å². The van der Waals surface area contributed by atoms with E-state index in [4.69, 9.17) is 0 Å². The van der Waals surface area contributed by atoms with Gasteiger partial charge in [0.2, 0.25) is 5.91 Å². The normalized spacial score (nSPS) is 22.6. The van der Waals surface area contributed by atoms with Gasteiger partial charge in [0.25, 0.3) is 0 Å². The molecule has 1 amide bonds. The number of amides is 1. The predicted molar refractivity (Wildman–Crippen MR) is 56.0 cm³/mol. The van der Waals surface area contributed by atoms with Gasteiger partial charge in [-0.25, -0.2) is 0 Å². The Bertz CT molecular complexity index is 195. The highest BCUT2D eigenvalue weighted by Gasteiger charge is 2.21. The van der Waals surface area contributed by atoms with Crippen molar-refractivity contribution < 1.29 is 4.79 Å². The molecule has 3 nitrogen and oxygen atoms in total. The van der Waals surface area contributed by atoms with Crippen LogP contribution < -0.4 is 10.6 Å². The Morgan fingerprint density at radius 3 is 2.43 bits per heavy atom. The Kier molecular flexibility index (Phi) is 3.40. The van der Waals surface area contributed by atoms with Crippen molar-refractivity contribution >= 4 is 5.91 Å². The van der Waals surface area contributed by atoms with Crippen molar-refractivity contribution in [1.29, 1.82) is 0 Å². The smallest absolute Gasteiger partial charge is 0.221 e. The molecule has 0 saturated heterocycles. The van der Waals surface area contributed by atoms with E-state index in [-0.39, 0.29) is 5.91 Å². The van der Waals surface area contributed by atoms with Gasteiger partial charge in [0.15, 0.2) is 0 Å². The highest BCUT2D eigenvalue weighted by atomic mass is 16.1. The van der Waals surface area contributed by atoms with Crippen LogP contribution in [0.3, 0.4) is 0 Å². The Labute approximate surface area is 85.6 Å². The summed E-state index contributed by atoms with van der Waals surface area (Å²) in [6.07, 6.45) is 8.17. The van der Waals surface area contributed by atoms with Crippen LogP contribution in [-0.2, 0) is 4.79 Å². The van der Waals surface area contributed by atoms with Gasteiger partial charge in [-0.3, -0.25) is 4.79 Å². The average Bonchev–Trinajstić information content (AvgIpc) is 2.83. The zero-order valence-corrected chi connectivity index (χ0v) is 8.72. The van der Waals surface area contributed by atoms with Crippen LogP contribution in [0.5, 0.6) is 0 Å². The second kappa shape index (κ2) is 4.78. The van der Waals surface area contributed by atoms with Crippen molar-refractivity contribution in [2.24, 2.45) is 0 Å². The predicted octanol–water partition coefficient (Wildman–Crippen LogP) is 1.19. The Hall–Kier alpha value is -0.570. The fourth-order valence-corrected chi connectivity index (χ4v) is 2.05. The molecule has 0 spiro atoms. The van der Waals surface area contributed by atoms with E-state index in [0.717, 1.165) is 6.54 Å². The van der Waals surface area contributed by atoms with Crippen molar-refractivity contribution in [3.05, 3.63) is 0 Å². The van der Waals surface area contributed by atoms with E-state index in [2.05, 4.69) is 10.6 Å². The molecule has 0 aromatic rings. The molecule has 2 aliphatic carbocycles. The third-order valence-electron chi connectivity index (χ3n) is 3.08. The lowest BCUT2D eigenvalue weighted by molar-refractivity contribution is -0.121. The summed E-state index contributed by atoms with van der Waals surface area (Å²) in [7, 11) is 0. The maximum Gasteiger partial charge on any atom is 0.221 e. The highest BCUT2D eigenvalue weighted by molar-refractivity contribution is 5.76. The molecule has 0 radical (unpaired) electrons. The molecule has 0 aromatic heterocycles. The molecule has 0 bridgehead atoms. The van der Waals surface area contributed by atoms with Gasteiger partial charge in [-0.2, -0.15) is 0 Å². The number of carbonyl (C=O) groups excluding carboxylic acids is 1. The van der Waals surface area contributed by atoms with Gasteiger partial charge in [-0.15, -0.1) is 0 Å². The van der Waals surface area contributed by atoms with E-state index in [9.17, 15) is 4.79 Å². The summed E-state index contributed by atoms with van der Waals surface area (Å²) in [4.78, 5) is 11.4. The minimum atomic E-state index is 0.227. The first-order valence-corrected chi connectivity index (χ1v) is 5.87. The van der Waals surface area contributed by atoms with Crippen LogP contribution in [-0.4, -0.2) is 24.5 Å². The summed E-state index contributed by atoms with van der Waals surface area (Å²) in [6.45, 7) is 0.850. The van der Waals surface area contributed by atoms with Crippen molar-refractivity contribution in [3.8, 4) is 0 Å². The molecule has 80 valence electrons. The van der Waals surface area contributed by atoms with Crippen LogP contribution in [0.1, 0.15) is 44.9 Å². The second-order valence-corrected chi connectivity index (χ2v) is 4.53. The number of hydrogen-bond acceptors (Lipinski definition) is 2. The Morgan fingerprint density at radius 1 is 1.07 bits per heavy atom. The molecule has 2 N–H and O–H groups in total. The Morgan fingerprint density at radius 2 is 1.79 bits per heavy atom. The minimum Gasteiger partial charge on any atom is -0.353 e. The molecule has 0 unspecified atom stereocenters. The van der Waals surface area contributed by atoms with Gasteiger partial charge in [0.1, 0.15) is 0 Å². The summed E-state index contributed by atoms with van der Waals surface area (Å²) in [5.41, 5.74) is 0. The molecule has 2 rings (SSSR count). The molecule has 0 atom stereocenters. The topological polar surface area (TPSA) is 41.1 Å². The first kappa shape index (κ1) is 9.97. The van der Waals surface area contributed by atoms with Crippen molar-refractivity contribution in [2.75, 3.05) is 6.54 Å². The summed E-state index contributed by atoms with van der Waals surface area (Å²) < 4.78 is 0. The largest absolute Gasteiger partial charge is 0.353 e. The second-order valence-electron chi connectivity index (χ2n) is 4.53. The summed E-state index contributed by atoms with van der Waals surface area (Å²) in [5, 5.41) is 6.45. The first-order valence-electron chi connectivity index (χ1n) is 5.87. The monoisotopic (exact) mass is 196 g/mol. The fourth-order valence-electron chi connectivity index (χ4n) is 2.05. The minimum absolute atomic E-state index is 0.227. The quantitative estimate of drug-likeness (QED) is 0.693. The third-order valence-corrected chi connectivity index (χ3v) is 3.08. The zero-order chi connectivity index (χ0) is 9.80. The van der Waals surface area contributed by atoms with Crippen LogP contribution in [0, 0.1) is 0 Å². The lowest BCUT2D eigenvalue weighted by Crippen LogP contribution is -2.34. The molecule has 2 fully saturated rings. The van der Waals surface area contributed by atoms with E-state index >= 15 is 0 Å². The SMILES string of the molecule is O=C(CCNC1CC1)NC1CCCC1. The molecule has 0 aromatic carbocycles. The van der Waals surface area contributed by atoms with Crippen LogP contribution >= 0.6 is 0 Å². The Balaban J connectivity index is 1.53. The highest BCUT2D eigenvalue weighted by Crippen LogP contribution is 2.19. The molecular weight excluding hydrogens is 176 g/mol. The number of hydrogen-bond donors (Lipinski definition) is 2. The number of carbonyl (C=O) groups is 1. The number of nitrogens with one attached hydrogen (secondary N) is 2. The zero-order valence-electron chi connectivity index (χ0n) is 8.72. The first-order chi connectivity index (χ1) is 6.84. The maximum absolute atomic E-state index is 11.4.